The predicted molar refractivity (Wildman–Crippen MR) is 95.3 cm³/mol. The number of benzene rings is 2. The fraction of sp³-hybridized carbons (Fsp3) is 0.118. The fourth-order valence-corrected chi connectivity index (χ4v) is 3.42. The second-order valence-electron chi connectivity index (χ2n) is 5.77. The minimum absolute atomic E-state index is 0.125. The molecule has 0 aliphatic carbocycles. The predicted octanol–water partition coefficient (Wildman–Crippen LogP) is 4.48. The minimum Gasteiger partial charge on any atom is -0.495 e. The summed E-state index contributed by atoms with van der Waals surface area (Å²) in [5.74, 6) is -1.50. The number of aromatic nitrogens is 1. The van der Waals surface area contributed by atoms with Crippen LogP contribution in [0.2, 0.25) is 5.02 Å². The third-order valence-electron chi connectivity index (χ3n) is 3.90. The molecule has 1 heterocycles. The zero-order chi connectivity index (χ0) is 21.6. The summed E-state index contributed by atoms with van der Waals surface area (Å²) in [7, 11) is -3.09. The number of primary sulfonamides is 1. The third-order valence-corrected chi connectivity index (χ3v) is 5.16. The van der Waals surface area contributed by atoms with Crippen LogP contribution in [-0.4, -0.2) is 20.7 Å². The molecule has 2 aromatic carbocycles. The minimum atomic E-state index is -4.93. The first-order valence-corrected chi connectivity index (χ1v) is 9.59. The van der Waals surface area contributed by atoms with Crippen molar-refractivity contribution in [1.29, 1.82) is 0 Å². The Kier molecular flexibility index (Phi) is 5.32. The molecule has 0 aliphatic heterocycles. The standard InChI is InChI=1S/C17H11ClF4N2O4S/c1-27-12-7-9(2-4-10(12)18)15-14(16(24-28-15)17(20,21)22)8-3-5-13(11(19)6-8)29(23,25)26/h2-7H,1H3,(H2,23,25,26). The van der Waals surface area contributed by atoms with Crippen molar-refractivity contribution in [3.8, 4) is 28.2 Å². The average molecular weight is 451 g/mol. The van der Waals surface area contributed by atoms with Crippen molar-refractivity contribution in [3.05, 3.63) is 52.9 Å². The summed E-state index contributed by atoms with van der Waals surface area (Å²) < 4.78 is 87.3. The first-order valence-electron chi connectivity index (χ1n) is 7.67. The van der Waals surface area contributed by atoms with Crippen molar-refractivity contribution >= 4 is 21.6 Å². The molecule has 0 spiro atoms. The molecule has 0 radical (unpaired) electrons. The first-order chi connectivity index (χ1) is 13.4. The zero-order valence-electron chi connectivity index (χ0n) is 14.4. The van der Waals surface area contributed by atoms with Crippen LogP contribution < -0.4 is 9.88 Å². The molecule has 0 unspecified atom stereocenters. The molecule has 12 heteroatoms. The van der Waals surface area contributed by atoms with Crippen molar-refractivity contribution < 1.29 is 35.2 Å². The van der Waals surface area contributed by atoms with Gasteiger partial charge in [-0.2, -0.15) is 13.2 Å². The topological polar surface area (TPSA) is 95.4 Å². The maximum absolute atomic E-state index is 14.2. The smallest absolute Gasteiger partial charge is 0.437 e. The summed E-state index contributed by atoms with van der Waals surface area (Å²) in [5, 5.41) is 8.17. The van der Waals surface area contributed by atoms with E-state index in [1.54, 1.807) is 0 Å². The third kappa shape index (κ3) is 4.07. The average Bonchev–Trinajstić information content (AvgIpc) is 3.06. The first kappa shape index (κ1) is 21.1. The van der Waals surface area contributed by atoms with Gasteiger partial charge < -0.3 is 9.26 Å². The Labute approximate surface area is 166 Å². The zero-order valence-corrected chi connectivity index (χ0v) is 16.0. The number of hydrogen-bond donors (Lipinski definition) is 1. The molecule has 0 amide bonds. The summed E-state index contributed by atoms with van der Waals surface area (Å²) in [4.78, 5) is -0.860. The summed E-state index contributed by atoms with van der Waals surface area (Å²) in [5.41, 5.74) is -2.18. The van der Waals surface area contributed by atoms with E-state index in [-0.39, 0.29) is 27.7 Å². The number of nitrogens with two attached hydrogens (primary N) is 1. The maximum Gasteiger partial charge on any atom is 0.437 e. The van der Waals surface area contributed by atoms with Crippen LogP contribution in [0.15, 0.2) is 45.8 Å². The fourth-order valence-electron chi connectivity index (χ4n) is 2.64. The number of ether oxygens (including phenoxy) is 1. The van der Waals surface area contributed by atoms with Gasteiger partial charge in [0.1, 0.15) is 16.5 Å². The van der Waals surface area contributed by atoms with Gasteiger partial charge in [-0.15, -0.1) is 0 Å². The van der Waals surface area contributed by atoms with Gasteiger partial charge in [-0.25, -0.2) is 17.9 Å². The molecule has 3 aromatic rings. The van der Waals surface area contributed by atoms with Crippen molar-refractivity contribution in [1.82, 2.24) is 5.16 Å². The van der Waals surface area contributed by atoms with Crippen LogP contribution >= 0.6 is 11.6 Å². The molecule has 29 heavy (non-hydrogen) atoms. The van der Waals surface area contributed by atoms with Gasteiger partial charge in [0.05, 0.1) is 17.7 Å². The number of rotatable bonds is 4. The van der Waals surface area contributed by atoms with E-state index in [0.717, 1.165) is 12.1 Å². The largest absolute Gasteiger partial charge is 0.495 e. The SMILES string of the molecule is COc1cc(-c2onc(C(F)(F)F)c2-c2ccc(S(N)(=O)=O)c(F)c2)ccc1Cl. The summed E-state index contributed by atoms with van der Waals surface area (Å²) >= 11 is 5.93. The van der Waals surface area contributed by atoms with Crippen LogP contribution in [0, 0.1) is 5.82 Å². The Hall–Kier alpha value is -2.63. The van der Waals surface area contributed by atoms with Crippen LogP contribution in [0.4, 0.5) is 17.6 Å². The van der Waals surface area contributed by atoms with E-state index in [1.165, 1.54) is 25.3 Å². The van der Waals surface area contributed by atoms with Crippen LogP contribution in [-0.2, 0) is 16.2 Å². The van der Waals surface area contributed by atoms with Crippen molar-refractivity contribution in [3.63, 3.8) is 0 Å². The molecule has 3 rings (SSSR count). The Balaban J connectivity index is 2.28. The van der Waals surface area contributed by atoms with Crippen molar-refractivity contribution in [2.24, 2.45) is 5.14 Å². The lowest BCUT2D eigenvalue weighted by Gasteiger charge is -2.10. The second-order valence-corrected chi connectivity index (χ2v) is 7.71. The van der Waals surface area contributed by atoms with Gasteiger partial charge in [-0.3, -0.25) is 0 Å². The molecule has 0 fully saturated rings. The molecule has 0 saturated heterocycles. The normalized spacial score (nSPS) is 12.2. The quantitative estimate of drug-likeness (QED) is 0.591. The molecule has 0 saturated carbocycles. The van der Waals surface area contributed by atoms with Gasteiger partial charge in [0.15, 0.2) is 11.5 Å². The highest BCUT2D eigenvalue weighted by Crippen LogP contribution is 2.44. The number of hydrogen-bond acceptors (Lipinski definition) is 5. The van der Waals surface area contributed by atoms with Crippen LogP contribution in [0.1, 0.15) is 5.69 Å². The van der Waals surface area contributed by atoms with E-state index in [4.69, 9.17) is 26.0 Å². The van der Waals surface area contributed by atoms with E-state index in [1.807, 2.05) is 0 Å². The lowest BCUT2D eigenvalue weighted by Crippen LogP contribution is -2.14. The molecule has 0 aliphatic rings. The molecule has 2 N–H and O–H groups in total. The number of nitrogens with zero attached hydrogens (tertiary/aromatic N) is 1. The van der Waals surface area contributed by atoms with E-state index in [9.17, 15) is 26.0 Å². The van der Waals surface area contributed by atoms with Crippen LogP contribution in [0.25, 0.3) is 22.5 Å². The Bertz CT molecular complexity index is 1190. The van der Waals surface area contributed by atoms with E-state index < -0.39 is 38.2 Å². The van der Waals surface area contributed by atoms with Gasteiger partial charge >= 0.3 is 6.18 Å². The Morgan fingerprint density at radius 1 is 1.14 bits per heavy atom. The molecular formula is C17H11ClF4N2O4S. The van der Waals surface area contributed by atoms with Gasteiger partial charge in [0.2, 0.25) is 10.0 Å². The van der Waals surface area contributed by atoms with Crippen LogP contribution in [0.5, 0.6) is 5.75 Å². The molecule has 1 aromatic heterocycles. The summed E-state index contributed by atoms with van der Waals surface area (Å²) in [6.45, 7) is 0. The van der Waals surface area contributed by atoms with Gasteiger partial charge in [0, 0.05) is 5.56 Å². The molecule has 0 bridgehead atoms. The highest BCUT2D eigenvalue weighted by Gasteiger charge is 2.40. The lowest BCUT2D eigenvalue weighted by molar-refractivity contribution is -0.142. The molecular weight excluding hydrogens is 440 g/mol. The van der Waals surface area contributed by atoms with E-state index >= 15 is 0 Å². The van der Waals surface area contributed by atoms with Gasteiger partial charge in [0.25, 0.3) is 0 Å². The van der Waals surface area contributed by atoms with Crippen molar-refractivity contribution in [2.45, 2.75) is 11.1 Å². The van der Waals surface area contributed by atoms with Crippen molar-refractivity contribution in [2.75, 3.05) is 7.11 Å². The highest BCUT2D eigenvalue weighted by molar-refractivity contribution is 7.89. The Morgan fingerprint density at radius 2 is 1.79 bits per heavy atom. The maximum atomic E-state index is 14.2. The van der Waals surface area contributed by atoms with Gasteiger partial charge in [-0.1, -0.05) is 22.8 Å². The number of alkyl halides is 3. The molecule has 154 valence electrons. The molecule has 6 nitrogen and oxygen atoms in total. The second kappa shape index (κ2) is 7.32. The number of halogens is 5. The lowest BCUT2D eigenvalue weighted by atomic mass is 9.99. The van der Waals surface area contributed by atoms with E-state index in [0.29, 0.717) is 6.07 Å². The monoisotopic (exact) mass is 450 g/mol. The highest BCUT2D eigenvalue weighted by atomic mass is 35.5. The Morgan fingerprint density at radius 3 is 2.34 bits per heavy atom. The summed E-state index contributed by atoms with van der Waals surface area (Å²) in [6.07, 6.45) is -4.93. The number of sulfonamides is 1. The number of methoxy groups -OCH3 is 1. The molecule has 0 atom stereocenters. The van der Waals surface area contributed by atoms with E-state index in [2.05, 4.69) is 5.16 Å². The van der Waals surface area contributed by atoms with Crippen LogP contribution in [0.3, 0.4) is 0 Å². The summed E-state index contributed by atoms with van der Waals surface area (Å²) in [6, 6.07) is 6.41. The van der Waals surface area contributed by atoms with Gasteiger partial charge in [-0.05, 0) is 35.9 Å².